The first kappa shape index (κ1) is 11.5. The molecule has 0 bridgehead atoms. The number of hydrogen-bond donors (Lipinski definition) is 0. The van der Waals surface area contributed by atoms with Crippen LogP contribution >= 0.6 is 11.3 Å². The second kappa shape index (κ2) is 4.92. The molecular weight excluding hydrogens is 242 g/mol. The highest BCUT2D eigenvalue weighted by Crippen LogP contribution is 2.21. The van der Waals surface area contributed by atoms with E-state index in [1.54, 1.807) is 6.08 Å². The maximum atomic E-state index is 11.1. The van der Waals surface area contributed by atoms with E-state index in [4.69, 9.17) is 4.74 Å². The van der Waals surface area contributed by atoms with Gasteiger partial charge in [-0.15, -0.1) is 11.3 Å². The average molecular weight is 251 g/mol. The summed E-state index contributed by atoms with van der Waals surface area (Å²) in [6.45, 7) is 1.61. The second-order valence-electron chi connectivity index (χ2n) is 3.25. The third-order valence-electron chi connectivity index (χ3n) is 1.94. The number of aliphatic imine (C=N–C) groups is 1. The number of cyclic esters (lactones) is 1. The van der Waals surface area contributed by atoms with Crippen molar-refractivity contribution in [3.63, 3.8) is 0 Å². The van der Waals surface area contributed by atoms with Crippen LogP contribution in [0.5, 0.6) is 0 Å². The summed E-state index contributed by atoms with van der Waals surface area (Å²) in [5, 5.41) is 0. The van der Waals surface area contributed by atoms with E-state index in [1.165, 1.54) is 18.3 Å². The smallest absolute Gasteiger partial charge is 0.363 e. The molecule has 1 aliphatic heterocycles. The van der Waals surface area contributed by atoms with Gasteiger partial charge in [-0.3, -0.25) is 4.79 Å². The lowest BCUT2D eigenvalue weighted by molar-refractivity contribution is -0.142. The highest BCUT2D eigenvalue weighted by molar-refractivity contribution is 7.12. The zero-order chi connectivity index (χ0) is 12.3. The van der Waals surface area contributed by atoms with E-state index in [0.29, 0.717) is 0 Å². The minimum absolute atomic E-state index is 0.247. The van der Waals surface area contributed by atoms with Crippen LogP contribution in [0.15, 0.2) is 22.8 Å². The molecule has 1 aliphatic rings. The number of esters is 2. The lowest BCUT2D eigenvalue weighted by Gasteiger charge is -1.96. The Hall–Kier alpha value is -1.95. The molecular formula is C11H9NO4S. The molecule has 2 rings (SSSR count). The fraction of sp³-hybridized carbons (Fsp3) is 0.182. The molecule has 0 fully saturated rings. The van der Waals surface area contributed by atoms with Crippen molar-refractivity contribution in [1.29, 1.82) is 0 Å². The molecule has 6 heteroatoms. The fourth-order valence-corrected chi connectivity index (χ4v) is 2.06. The normalized spacial score (nSPS) is 16.3. The Morgan fingerprint density at radius 1 is 1.59 bits per heavy atom. The summed E-state index contributed by atoms with van der Waals surface area (Å²) in [5.41, 5.74) is 0.269. The van der Waals surface area contributed by atoms with Crippen LogP contribution in [0, 0.1) is 0 Å². The number of ether oxygens (including phenoxy) is 2. The zero-order valence-electron chi connectivity index (χ0n) is 9.00. The maximum absolute atomic E-state index is 11.1. The molecule has 88 valence electrons. The summed E-state index contributed by atoms with van der Waals surface area (Å²) in [4.78, 5) is 27.3. The van der Waals surface area contributed by atoms with Crippen LogP contribution in [-0.4, -0.2) is 18.3 Å². The third kappa shape index (κ3) is 3.01. The summed E-state index contributed by atoms with van der Waals surface area (Å²) >= 11 is 1.43. The zero-order valence-corrected chi connectivity index (χ0v) is 9.82. The number of thiophene rings is 1. The van der Waals surface area contributed by atoms with E-state index in [2.05, 4.69) is 9.73 Å². The summed E-state index contributed by atoms with van der Waals surface area (Å²) in [6, 6.07) is 3.67. The Morgan fingerprint density at radius 3 is 3.06 bits per heavy atom. The molecule has 2 heterocycles. The van der Waals surface area contributed by atoms with E-state index in [9.17, 15) is 9.59 Å². The van der Waals surface area contributed by atoms with Crippen molar-refractivity contribution in [3.05, 3.63) is 27.6 Å². The van der Waals surface area contributed by atoms with Gasteiger partial charge < -0.3 is 9.47 Å². The minimum Gasteiger partial charge on any atom is -0.460 e. The van der Waals surface area contributed by atoms with Crippen LogP contribution in [0.2, 0.25) is 0 Å². The van der Waals surface area contributed by atoms with E-state index in [1.807, 2.05) is 12.1 Å². The average Bonchev–Trinajstić information content (AvgIpc) is 2.87. The van der Waals surface area contributed by atoms with Gasteiger partial charge in [0.05, 0.1) is 0 Å². The molecule has 0 amide bonds. The van der Waals surface area contributed by atoms with Gasteiger partial charge >= 0.3 is 11.9 Å². The van der Waals surface area contributed by atoms with E-state index >= 15 is 0 Å². The van der Waals surface area contributed by atoms with Crippen molar-refractivity contribution >= 4 is 35.8 Å². The van der Waals surface area contributed by atoms with Gasteiger partial charge in [-0.1, -0.05) is 0 Å². The van der Waals surface area contributed by atoms with E-state index in [-0.39, 0.29) is 18.3 Å². The molecule has 0 saturated carbocycles. The quantitative estimate of drug-likeness (QED) is 0.606. The Kier molecular flexibility index (Phi) is 3.34. The van der Waals surface area contributed by atoms with Gasteiger partial charge in [-0.25, -0.2) is 9.79 Å². The van der Waals surface area contributed by atoms with Gasteiger partial charge in [-0.05, 0) is 18.2 Å². The van der Waals surface area contributed by atoms with Gasteiger partial charge in [0.25, 0.3) is 0 Å². The number of carbonyl (C=O) groups is 2. The first-order chi connectivity index (χ1) is 8.15. The molecule has 0 atom stereocenters. The Bertz CT molecular complexity index is 515. The largest absolute Gasteiger partial charge is 0.460 e. The molecule has 0 aromatic carbocycles. The van der Waals surface area contributed by atoms with Crippen molar-refractivity contribution in [2.45, 2.75) is 13.5 Å². The molecule has 5 nitrogen and oxygen atoms in total. The van der Waals surface area contributed by atoms with Gasteiger partial charge in [0.1, 0.15) is 6.61 Å². The summed E-state index contributed by atoms with van der Waals surface area (Å²) < 4.78 is 9.42. The first-order valence-electron chi connectivity index (χ1n) is 4.82. The Labute approximate surface area is 101 Å². The van der Waals surface area contributed by atoms with Crippen molar-refractivity contribution in [3.8, 4) is 0 Å². The summed E-state index contributed by atoms with van der Waals surface area (Å²) in [5.74, 6) is -0.776. The van der Waals surface area contributed by atoms with Crippen LogP contribution in [0.3, 0.4) is 0 Å². The SMILES string of the molecule is CC(=O)OCc1ccc(C=C2N=COC2=O)s1. The van der Waals surface area contributed by atoms with Crippen LogP contribution in [0.25, 0.3) is 6.08 Å². The summed E-state index contributed by atoms with van der Waals surface area (Å²) in [6.07, 6.45) is 2.75. The lowest BCUT2D eigenvalue weighted by atomic mass is 10.3. The van der Waals surface area contributed by atoms with Crippen LogP contribution < -0.4 is 0 Å². The first-order valence-corrected chi connectivity index (χ1v) is 5.64. The number of hydrogen-bond acceptors (Lipinski definition) is 6. The predicted octanol–water partition coefficient (Wildman–Crippen LogP) is 1.74. The van der Waals surface area contributed by atoms with Gasteiger partial charge in [0.15, 0.2) is 12.1 Å². The van der Waals surface area contributed by atoms with E-state index < -0.39 is 5.97 Å². The molecule has 0 spiro atoms. The monoisotopic (exact) mass is 251 g/mol. The third-order valence-corrected chi connectivity index (χ3v) is 2.95. The molecule has 1 aromatic rings. The maximum Gasteiger partial charge on any atom is 0.363 e. The van der Waals surface area contributed by atoms with Gasteiger partial charge in [-0.2, -0.15) is 0 Å². The molecule has 0 saturated heterocycles. The molecule has 0 unspecified atom stereocenters. The Balaban J connectivity index is 2.06. The number of carbonyl (C=O) groups excluding carboxylic acids is 2. The fourth-order valence-electron chi connectivity index (χ4n) is 1.20. The van der Waals surface area contributed by atoms with Crippen molar-refractivity contribution < 1.29 is 19.1 Å². The van der Waals surface area contributed by atoms with Gasteiger partial charge in [0.2, 0.25) is 0 Å². The molecule has 17 heavy (non-hydrogen) atoms. The predicted molar refractivity (Wildman–Crippen MR) is 62.4 cm³/mol. The number of nitrogens with zero attached hydrogens (tertiary/aromatic N) is 1. The lowest BCUT2D eigenvalue weighted by Crippen LogP contribution is -1.96. The summed E-state index contributed by atoms with van der Waals surface area (Å²) in [7, 11) is 0. The van der Waals surface area contributed by atoms with Crippen molar-refractivity contribution in [2.75, 3.05) is 0 Å². The minimum atomic E-state index is -0.458. The van der Waals surface area contributed by atoms with E-state index in [0.717, 1.165) is 16.2 Å². The molecule has 0 aliphatic carbocycles. The van der Waals surface area contributed by atoms with Gasteiger partial charge in [0, 0.05) is 16.7 Å². The highest BCUT2D eigenvalue weighted by atomic mass is 32.1. The standard InChI is InChI=1S/C11H9NO4S/c1-7(13)15-5-9-3-2-8(17-9)4-10-11(14)16-6-12-10/h2-4,6H,5H2,1H3. The van der Waals surface area contributed by atoms with Crippen molar-refractivity contribution in [1.82, 2.24) is 0 Å². The van der Waals surface area contributed by atoms with Crippen LogP contribution in [0.4, 0.5) is 0 Å². The molecule has 1 aromatic heterocycles. The topological polar surface area (TPSA) is 65.0 Å². The molecule has 0 radical (unpaired) electrons. The molecule has 0 N–H and O–H groups in total. The Morgan fingerprint density at radius 2 is 2.41 bits per heavy atom. The second-order valence-corrected chi connectivity index (χ2v) is 4.45. The number of rotatable bonds is 3. The highest BCUT2D eigenvalue weighted by Gasteiger charge is 2.15. The van der Waals surface area contributed by atoms with Crippen molar-refractivity contribution in [2.24, 2.45) is 4.99 Å². The van der Waals surface area contributed by atoms with Crippen LogP contribution in [-0.2, 0) is 25.7 Å². The van der Waals surface area contributed by atoms with Crippen LogP contribution in [0.1, 0.15) is 16.7 Å².